The quantitative estimate of drug-likeness (QED) is 0.198. The number of aromatic nitrogens is 1. The van der Waals surface area contributed by atoms with E-state index in [4.69, 9.17) is 16.6 Å². The number of carbonyl (C=O) groups is 3. The summed E-state index contributed by atoms with van der Waals surface area (Å²) in [5.41, 5.74) is 3.01. The number of thiocarbonyl (C=S) groups is 1. The zero-order valence-electron chi connectivity index (χ0n) is 22.1. The first-order valence-electron chi connectivity index (χ1n) is 12.8. The van der Waals surface area contributed by atoms with E-state index in [1.165, 1.54) is 12.1 Å². The van der Waals surface area contributed by atoms with E-state index in [2.05, 4.69) is 15.6 Å². The number of aryl methyl sites for hydroxylation is 1. The lowest BCUT2D eigenvalue weighted by Crippen LogP contribution is -2.29. The summed E-state index contributed by atoms with van der Waals surface area (Å²) in [5, 5.41) is 25.7. The lowest BCUT2D eigenvalue weighted by Gasteiger charge is -2.27. The number of amides is 1. The van der Waals surface area contributed by atoms with E-state index in [0.717, 1.165) is 23.0 Å². The monoisotopic (exact) mass is 570 g/mol. The number of nitrogens with zero attached hydrogens (tertiary/aromatic N) is 2. The molecule has 0 radical (unpaired) electrons. The van der Waals surface area contributed by atoms with Gasteiger partial charge in [0.1, 0.15) is 17.6 Å². The van der Waals surface area contributed by atoms with Crippen LogP contribution in [0, 0.1) is 6.92 Å². The summed E-state index contributed by atoms with van der Waals surface area (Å²) < 4.78 is 6.28. The van der Waals surface area contributed by atoms with Crippen LogP contribution < -0.4 is 15.5 Å². The second kappa shape index (κ2) is 11.2. The van der Waals surface area contributed by atoms with Gasteiger partial charge in [-0.05, 0) is 85.4 Å². The molecular formula is C30H26N4O6S. The molecule has 1 fully saturated rings. The minimum Gasteiger partial charge on any atom is -0.478 e. The van der Waals surface area contributed by atoms with Gasteiger partial charge in [-0.15, -0.1) is 0 Å². The van der Waals surface area contributed by atoms with Crippen LogP contribution in [-0.4, -0.2) is 38.2 Å². The second-order valence-corrected chi connectivity index (χ2v) is 9.90. The first-order chi connectivity index (χ1) is 19.7. The second-order valence-electron chi connectivity index (χ2n) is 9.51. The Hall–Kier alpha value is -5.03. The van der Waals surface area contributed by atoms with Crippen LogP contribution in [0.15, 0.2) is 77.3 Å². The van der Waals surface area contributed by atoms with Crippen LogP contribution in [0.4, 0.5) is 11.4 Å². The van der Waals surface area contributed by atoms with Crippen LogP contribution in [0.2, 0.25) is 0 Å². The Balaban J connectivity index is 1.59. The molecule has 1 amide bonds. The average molecular weight is 571 g/mol. The molecule has 10 nitrogen and oxygen atoms in total. The summed E-state index contributed by atoms with van der Waals surface area (Å²) >= 11 is 5.78. The van der Waals surface area contributed by atoms with Crippen LogP contribution in [0.25, 0.3) is 11.3 Å². The summed E-state index contributed by atoms with van der Waals surface area (Å²) in [7, 11) is 0. The Morgan fingerprint density at radius 2 is 1.76 bits per heavy atom. The molecule has 1 aliphatic heterocycles. The number of carbonyl (C=O) groups excluding carboxylic acids is 1. The zero-order chi connectivity index (χ0) is 29.3. The highest BCUT2D eigenvalue weighted by molar-refractivity contribution is 7.80. The fraction of sp³-hybridized carbons (Fsp3) is 0.167. The fourth-order valence-electron chi connectivity index (χ4n) is 4.78. The molecule has 5 rings (SSSR count). The van der Waals surface area contributed by atoms with Crippen molar-refractivity contribution in [2.24, 2.45) is 0 Å². The van der Waals surface area contributed by atoms with Crippen LogP contribution in [0.1, 0.15) is 63.2 Å². The van der Waals surface area contributed by atoms with Gasteiger partial charge < -0.3 is 30.2 Å². The molecule has 11 heteroatoms. The van der Waals surface area contributed by atoms with E-state index >= 15 is 0 Å². The highest BCUT2D eigenvalue weighted by Crippen LogP contribution is 2.43. The molecule has 3 heterocycles. The van der Waals surface area contributed by atoms with Gasteiger partial charge in [0, 0.05) is 29.6 Å². The van der Waals surface area contributed by atoms with Gasteiger partial charge in [-0.3, -0.25) is 9.78 Å². The smallest absolute Gasteiger partial charge is 0.335 e. The number of aromatic carboxylic acids is 2. The van der Waals surface area contributed by atoms with Gasteiger partial charge in [-0.1, -0.05) is 13.0 Å². The lowest BCUT2D eigenvalue weighted by molar-refractivity contribution is -0.115. The molecule has 4 aromatic rings. The Bertz CT molecular complexity index is 1640. The van der Waals surface area contributed by atoms with Crippen LogP contribution >= 0.6 is 12.2 Å². The van der Waals surface area contributed by atoms with Gasteiger partial charge in [0.2, 0.25) is 5.91 Å². The van der Waals surface area contributed by atoms with Crippen molar-refractivity contribution in [3.05, 3.63) is 101 Å². The fourth-order valence-corrected chi connectivity index (χ4v) is 5.13. The van der Waals surface area contributed by atoms with Gasteiger partial charge in [-0.25, -0.2) is 9.59 Å². The van der Waals surface area contributed by atoms with Gasteiger partial charge in [-0.2, -0.15) is 0 Å². The molecular weight excluding hydrogens is 544 g/mol. The van der Waals surface area contributed by atoms with Crippen molar-refractivity contribution in [2.75, 3.05) is 10.2 Å². The minimum absolute atomic E-state index is 0.0894. The molecule has 0 spiro atoms. The Morgan fingerprint density at radius 1 is 1.02 bits per heavy atom. The number of pyridine rings is 1. The van der Waals surface area contributed by atoms with Crippen LogP contribution in [-0.2, 0) is 4.79 Å². The lowest BCUT2D eigenvalue weighted by atomic mass is 10.0. The standard InChI is InChI=1S/C30H26N4O6S/c1-3-25(35)32-21-8-7-20(12-16(21)2)34-27(26(33-30(34)41)22-6-4-5-11-31-22)24-10-9-23(40-24)17-13-18(28(36)37)15-19(14-17)29(38)39/h4-15,26-27H,3H2,1-2H3,(H,32,35)(H,33,41)(H,36,37)(H,38,39)/t26-,27-/m0/s1. The topological polar surface area (TPSA) is 145 Å². The van der Waals surface area contributed by atoms with Crippen molar-refractivity contribution in [3.63, 3.8) is 0 Å². The average Bonchev–Trinajstić information content (AvgIpc) is 3.59. The summed E-state index contributed by atoms with van der Waals surface area (Å²) in [4.78, 5) is 41.7. The maximum Gasteiger partial charge on any atom is 0.335 e. The molecule has 1 aliphatic rings. The number of hydrogen-bond acceptors (Lipinski definition) is 6. The Morgan fingerprint density at radius 3 is 2.37 bits per heavy atom. The van der Waals surface area contributed by atoms with Crippen molar-refractivity contribution in [1.82, 2.24) is 10.3 Å². The number of furan rings is 1. The first kappa shape index (κ1) is 27.5. The molecule has 0 unspecified atom stereocenters. The molecule has 41 heavy (non-hydrogen) atoms. The van der Waals surface area contributed by atoms with E-state index in [0.29, 0.717) is 34.3 Å². The maximum atomic E-state index is 12.0. The van der Waals surface area contributed by atoms with E-state index in [1.54, 1.807) is 25.3 Å². The molecule has 208 valence electrons. The Kier molecular flexibility index (Phi) is 7.54. The highest BCUT2D eigenvalue weighted by atomic mass is 32.1. The minimum atomic E-state index is -1.25. The number of anilines is 2. The molecule has 1 saturated heterocycles. The number of carboxylic acids is 2. The van der Waals surface area contributed by atoms with Crippen molar-refractivity contribution in [2.45, 2.75) is 32.4 Å². The predicted octanol–water partition coefficient (Wildman–Crippen LogP) is 5.57. The molecule has 0 aliphatic carbocycles. The zero-order valence-corrected chi connectivity index (χ0v) is 22.9. The summed E-state index contributed by atoms with van der Waals surface area (Å²) in [6.45, 7) is 3.68. The van der Waals surface area contributed by atoms with Gasteiger partial charge >= 0.3 is 11.9 Å². The highest BCUT2D eigenvalue weighted by Gasteiger charge is 2.42. The number of carboxylic acid groups (broad SMARTS) is 2. The number of nitrogens with one attached hydrogen (secondary N) is 2. The van der Waals surface area contributed by atoms with Crippen LogP contribution in [0.5, 0.6) is 0 Å². The maximum absolute atomic E-state index is 12.0. The number of benzene rings is 2. The largest absolute Gasteiger partial charge is 0.478 e. The molecule has 0 saturated carbocycles. The van der Waals surface area contributed by atoms with Gasteiger partial charge in [0.05, 0.1) is 22.9 Å². The van der Waals surface area contributed by atoms with Crippen molar-refractivity contribution >= 4 is 46.6 Å². The summed E-state index contributed by atoms with van der Waals surface area (Å²) in [5.74, 6) is -1.78. The van der Waals surface area contributed by atoms with E-state index in [-0.39, 0.29) is 17.0 Å². The van der Waals surface area contributed by atoms with Crippen molar-refractivity contribution in [3.8, 4) is 11.3 Å². The van der Waals surface area contributed by atoms with E-state index < -0.39 is 24.0 Å². The predicted molar refractivity (Wildman–Crippen MR) is 156 cm³/mol. The Labute approximate surface area is 240 Å². The number of rotatable bonds is 8. The third kappa shape index (κ3) is 5.52. The molecule has 2 aromatic heterocycles. The third-order valence-corrected chi connectivity index (χ3v) is 7.13. The molecule has 0 bridgehead atoms. The molecule has 2 aromatic carbocycles. The first-order valence-corrected chi connectivity index (χ1v) is 13.2. The normalized spacial score (nSPS) is 16.3. The van der Waals surface area contributed by atoms with Gasteiger partial charge in [0.15, 0.2) is 5.11 Å². The summed E-state index contributed by atoms with van der Waals surface area (Å²) in [6.07, 6.45) is 2.05. The van der Waals surface area contributed by atoms with Crippen molar-refractivity contribution in [1.29, 1.82) is 0 Å². The van der Waals surface area contributed by atoms with Gasteiger partial charge in [0.25, 0.3) is 0 Å². The van der Waals surface area contributed by atoms with E-state index in [9.17, 15) is 24.6 Å². The van der Waals surface area contributed by atoms with Crippen molar-refractivity contribution < 1.29 is 29.0 Å². The SMILES string of the molecule is CCC(=O)Nc1ccc(N2C(=S)N[C@@H](c3ccccn3)[C@@H]2c2ccc(-c3cc(C(=O)O)cc(C(=O)O)c3)o2)cc1C. The summed E-state index contributed by atoms with van der Waals surface area (Å²) in [6, 6.07) is 17.6. The molecule has 2 atom stereocenters. The molecule has 4 N–H and O–H groups in total. The number of hydrogen-bond donors (Lipinski definition) is 4. The van der Waals surface area contributed by atoms with E-state index in [1.807, 2.05) is 48.2 Å². The third-order valence-electron chi connectivity index (χ3n) is 6.81. The van der Waals surface area contributed by atoms with Crippen LogP contribution in [0.3, 0.4) is 0 Å².